The molecule has 42 valence electrons. The Kier molecular flexibility index (Phi) is 3.56. The van der Waals surface area contributed by atoms with Gasteiger partial charge >= 0.3 is 0 Å². The van der Waals surface area contributed by atoms with Crippen LogP contribution in [0.1, 0.15) is 19.8 Å². The number of alkyl halides is 1. The van der Waals surface area contributed by atoms with Gasteiger partial charge in [-0.2, -0.15) is 0 Å². The topological polar surface area (TPSA) is 17.1 Å². The first-order valence-corrected chi connectivity index (χ1v) is 2.40. The summed E-state index contributed by atoms with van der Waals surface area (Å²) in [4.78, 5) is 9.52. The summed E-state index contributed by atoms with van der Waals surface area (Å²) in [6, 6.07) is 0. The van der Waals surface area contributed by atoms with E-state index in [0.717, 1.165) is 6.42 Å². The number of halogens is 1. The van der Waals surface area contributed by atoms with Crippen molar-refractivity contribution >= 4 is 6.29 Å². The lowest BCUT2D eigenvalue weighted by atomic mass is 10.2. The number of hydrogen-bond acceptors (Lipinski definition) is 1. The Morgan fingerprint density at radius 2 is 2.43 bits per heavy atom. The largest absolute Gasteiger partial charge is 0.300 e. The predicted octanol–water partition coefficient (Wildman–Crippen LogP) is 1.32. The van der Waals surface area contributed by atoms with Crippen LogP contribution in [0.15, 0.2) is 0 Å². The maximum atomic E-state index is 11.8. The number of carbonyl (C=O) groups excluding carboxylic acids is 1. The molecular weight excluding hydrogens is 95.1 g/mol. The molecule has 0 spiro atoms. The number of aldehydes is 1. The lowest BCUT2D eigenvalue weighted by Gasteiger charge is -1.90. The molecule has 0 heterocycles. The van der Waals surface area contributed by atoms with Crippen LogP contribution in [0.2, 0.25) is 0 Å². The van der Waals surface area contributed by atoms with Crippen molar-refractivity contribution in [2.45, 2.75) is 25.9 Å². The van der Waals surface area contributed by atoms with Crippen molar-refractivity contribution in [3.63, 3.8) is 0 Å². The molecule has 0 rings (SSSR count). The smallest absolute Gasteiger partial charge is 0.155 e. The normalized spacial score (nSPS) is 13.4. The first-order valence-electron chi connectivity index (χ1n) is 2.40. The highest BCUT2D eigenvalue weighted by molar-refractivity contribution is 5.55. The standard InChI is InChI=1S/C5H9FO/c1-2-3-5(6)4-7/h4-5H,2-3H2,1H3/t5-/m0/s1. The highest BCUT2D eigenvalue weighted by atomic mass is 19.1. The Hall–Kier alpha value is -0.400. The van der Waals surface area contributed by atoms with E-state index in [0.29, 0.717) is 12.7 Å². The van der Waals surface area contributed by atoms with Gasteiger partial charge in [0.05, 0.1) is 0 Å². The zero-order chi connectivity index (χ0) is 5.70. The van der Waals surface area contributed by atoms with Crippen molar-refractivity contribution in [2.75, 3.05) is 0 Å². The van der Waals surface area contributed by atoms with Crippen LogP contribution >= 0.6 is 0 Å². The van der Waals surface area contributed by atoms with Crippen molar-refractivity contribution in [3.05, 3.63) is 0 Å². The highest BCUT2D eigenvalue weighted by Crippen LogP contribution is 1.95. The second-order valence-corrected chi connectivity index (χ2v) is 1.44. The second kappa shape index (κ2) is 3.78. The van der Waals surface area contributed by atoms with Gasteiger partial charge in [-0.05, 0) is 6.42 Å². The molecule has 0 aliphatic rings. The first kappa shape index (κ1) is 6.60. The Morgan fingerprint density at radius 3 is 2.57 bits per heavy atom. The van der Waals surface area contributed by atoms with Crippen LogP contribution in [0, 0.1) is 0 Å². The monoisotopic (exact) mass is 104 g/mol. The van der Waals surface area contributed by atoms with Crippen LogP contribution < -0.4 is 0 Å². The van der Waals surface area contributed by atoms with Gasteiger partial charge in [0.25, 0.3) is 0 Å². The predicted molar refractivity (Wildman–Crippen MR) is 25.9 cm³/mol. The van der Waals surface area contributed by atoms with Crippen LogP contribution in [0.25, 0.3) is 0 Å². The molecule has 0 aromatic carbocycles. The average molecular weight is 104 g/mol. The molecule has 0 bridgehead atoms. The van der Waals surface area contributed by atoms with Crippen molar-refractivity contribution in [3.8, 4) is 0 Å². The summed E-state index contributed by atoms with van der Waals surface area (Å²) in [5, 5.41) is 0. The van der Waals surface area contributed by atoms with Crippen LogP contribution in [0.4, 0.5) is 4.39 Å². The Labute approximate surface area is 42.5 Å². The maximum Gasteiger partial charge on any atom is 0.155 e. The summed E-state index contributed by atoms with van der Waals surface area (Å²) in [7, 11) is 0. The Morgan fingerprint density at radius 1 is 1.86 bits per heavy atom. The first-order chi connectivity index (χ1) is 3.31. The minimum atomic E-state index is -1.23. The van der Waals surface area contributed by atoms with Crippen LogP contribution in [-0.4, -0.2) is 12.5 Å². The molecule has 0 amide bonds. The SMILES string of the molecule is CCC[C@H](F)C=O. The molecule has 0 aromatic heterocycles. The molecule has 0 unspecified atom stereocenters. The van der Waals surface area contributed by atoms with E-state index in [4.69, 9.17) is 0 Å². The minimum absolute atomic E-state index is 0.337. The van der Waals surface area contributed by atoms with Gasteiger partial charge in [0, 0.05) is 0 Å². The van der Waals surface area contributed by atoms with Gasteiger partial charge < -0.3 is 4.79 Å². The van der Waals surface area contributed by atoms with Crippen LogP contribution in [0.5, 0.6) is 0 Å². The summed E-state index contributed by atoms with van der Waals surface area (Å²) < 4.78 is 11.8. The van der Waals surface area contributed by atoms with Crippen LogP contribution in [-0.2, 0) is 4.79 Å². The average Bonchev–Trinajstić information content (AvgIpc) is 1.68. The van der Waals surface area contributed by atoms with Gasteiger partial charge in [-0.15, -0.1) is 0 Å². The third kappa shape index (κ3) is 3.43. The van der Waals surface area contributed by atoms with E-state index in [1.165, 1.54) is 0 Å². The van der Waals surface area contributed by atoms with E-state index in [-0.39, 0.29) is 0 Å². The summed E-state index contributed by atoms with van der Waals surface area (Å²) in [6.07, 6.45) is 0.206. The number of rotatable bonds is 3. The third-order valence-corrected chi connectivity index (χ3v) is 0.712. The van der Waals surface area contributed by atoms with Crippen molar-refractivity contribution in [2.24, 2.45) is 0 Å². The lowest BCUT2D eigenvalue weighted by molar-refractivity contribution is -0.112. The number of hydrogen-bond donors (Lipinski definition) is 0. The molecule has 2 heteroatoms. The molecule has 7 heavy (non-hydrogen) atoms. The van der Waals surface area contributed by atoms with Gasteiger partial charge in [-0.3, -0.25) is 0 Å². The molecule has 1 nitrogen and oxygen atoms in total. The molecule has 0 N–H and O–H groups in total. The van der Waals surface area contributed by atoms with Gasteiger partial charge in [0.15, 0.2) is 12.5 Å². The molecule has 0 aliphatic heterocycles. The molecular formula is C5H9FO. The van der Waals surface area contributed by atoms with Gasteiger partial charge in [0.1, 0.15) is 0 Å². The zero-order valence-electron chi connectivity index (χ0n) is 4.36. The van der Waals surface area contributed by atoms with E-state index in [1.54, 1.807) is 0 Å². The molecule has 0 aliphatic carbocycles. The lowest BCUT2D eigenvalue weighted by Crippen LogP contribution is -1.98. The quantitative estimate of drug-likeness (QED) is 0.493. The molecule has 1 atom stereocenters. The fourth-order valence-corrected chi connectivity index (χ4v) is 0.344. The Bertz CT molecular complexity index is 54.0. The van der Waals surface area contributed by atoms with Crippen molar-refractivity contribution in [1.29, 1.82) is 0 Å². The molecule has 0 fully saturated rings. The van der Waals surface area contributed by atoms with E-state index in [9.17, 15) is 9.18 Å². The van der Waals surface area contributed by atoms with Crippen molar-refractivity contribution < 1.29 is 9.18 Å². The van der Waals surface area contributed by atoms with Gasteiger partial charge in [-0.1, -0.05) is 13.3 Å². The van der Waals surface area contributed by atoms with Gasteiger partial charge in [-0.25, -0.2) is 4.39 Å². The Balaban J connectivity index is 2.98. The summed E-state index contributed by atoms with van der Waals surface area (Å²) in [5.41, 5.74) is 0. The van der Waals surface area contributed by atoms with E-state index in [1.807, 2.05) is 6.92 Å². The zero-order valence-corrected chi connectivity index (χ0v) is 4.36. The highest BCUT2D eigenvalue weighted by Gasteiger charge is 1.98. The van der Waals surface area contributed by atoms with Crippen LogP contribution in [0.3, 0.4) is 0 Å². The van der Waals surface area contributed by atoms with E-state index in [2.05, 4.69) is 0 Å². The summed E-state index contributed by atoms with van der Waals surface area (Å²) >= 11 is 0. The maximum absolute atomic E-state index is 11.8. The fourth-order valence-electron chi connectivity index (χ4n) is 0.344. The van der Waals surface area contributed by atoms with E-state index >= 15 is 0 Å². The van der Waals surface area contributed by atoms with E-state index < -0.39 is 6.17 Å². The summed E-state index contributed by atoms with van der Waals surface area (Å²) in [5.74, 6) is 0. The third-order valence-electron chi connectivity index (χ3n) is 0.712. The fraction of sp³-hybridized carbons (Fsp3) is 0.800. The molecule has 0 radical (unpaired) electrons. The molecule has 0 aromatic rings. The summed E-state index contributed by atoms with van der Waals surface area (Å²) in [6.45, 7) is 1.84. The molecule has 0 saturated heterocycles. The molecule has 0 saturated carbocycles. The number of carbonyl (C=O) groups is 1. The second-order valence-electron chi connectivity index (χ2n) is 1.44. The van der Waals surface area contributed by atoms with Gasteiger partial charge in [0.2, 0.25) is 0 Å². The minimum Gasteiger partial charge on any atom is -0.300 e. The van der Waals surface area contributed by atoms with Crippen molar-refractivity contribution in [1.82, 2.24) is 0 Å².